The second-order valence-corrected chi connectivity index (χ2v) is 8.70. The van der Waals surface area contributed by atoms with Crippen molar-refractivity contribution in [1.82, 2.24) is 10.2 Å². The van der Waals surface area contributed by atoms with Crippen LogP contribution in [-0.4, -0.2) is 57.6 Å². The SMILES string of the molecule is CN(C)c1ccc([C@H](CNC(=O)c2ccc(F)c(F)c2)N2CCN(c3ccccc3)CC2)cc1. The van der Waals surface area contributed by atoms with Crippen LogP contribution in [0.1, 0.15) is 22.0 Å². The number of anilines is 2. The van der Waals surface area contributed by atoms with Crippen LogP contribution in [0.5, 0.6) is 0 Å². The summed E-state index contributed by atoms with van der Waals surface area (Å²) in [4.78, 5) is 19.5. The summed E-state index contributed by atoms with van der Waals surface area (Å²) < 4.78 is 26.9. The summed E-state index contributed by atoms with van der Waals surface area (Å²) in [5.74, 6) is -2.41. The zero-order valence-corrected chi connectivity index (χ0v) is 19.5. The summed E-state index contributed by atoms with van der Waals surface area (Å²) in [5.41, 5.74) is 3.52. The Morgan fingerprint density at radius 1 is 0.912 bits per heavy atom. The van der Waals surface area contributed by atoms with Gasteiger partial charge in [0.1, 0.15) is 0 Å². The van der Waals surface area contributed by atoms with Crippen molar-refractivity contribution in [1.29, 1.82) is 0 Å². The Hall–Kier alpha value is -3.45. The van der Waals surface area contributed by atoms with Gasteiger partial charge < -0.3 is 15.1 Å². The van der Waals surface area contributed by atoms with Gasteiger partial charge in [0, 0.05) is 63.8 Å². The lowest BCUT2D eigenvalue weighted by atomic mass is 10.0. The van der Waals surface area contributed by atoms with Crippen molar-refractivity contribution in [2.75, 3.05) is 56.6 Å². The minimum atomic E-state index is -1.03. The Bertz CT molecular complexity index is 1100. The molecule has 0 aromatic heterocycles. The molecule has 34 heavy (non-hydrogen) atoms. The number of nitrogens with one attached hydrogen (secondary N) is 1. The van der Waals surface area contributed by atoms with E-state index in [1.807, 2.05) is 37.2 Å². The molecule has 7 heteroatoms. The molecule has 1 aliphatic heterocycles. The fourth-order valence-electron chi connectivity index (χ4n) is 4.31. The van der Waals surface area contributed by atoms with Gasteiger partial charge in [-0.05, 0) is 48.0 Å². The van der Waals surface area contributed by atoms with Gasteiger partial charge in [-0.15, -0.1) is 0 Å². The van der Waals surface area contributed by atoms with Crippen LogP contribution in [-0.2, 0) is 0 Å². The van der Waals surface area contributed by atoms with Crippen LogP contribution in [0.25, 0.3) is 0 Å². The summed E-state index contributed by atoms with van der Waals surface area (Å²) >= 11 is 0. The van der Waals surface area contributed by atoms with E-state index in [1.165, 1.54) is 11.8 Å². The first-order valence-corrected chi connectivity index (χ1v) is 11.5. The van der Waals surface area contributed by atoms with Crippen LogP contribution in [0.3, 0.4) is 0 Å². The number of hydrogen-bond donors (Lipinski definition) is 1. The first kappa shape index (κ1) is 23.7. The van der Waals surface area contributed by atoms with Crippen LogP contribution in [0.2, 0.25) is 0 Å². The quantitative estimate of drug-likeness (QED) is 0.565. The van der Waals surface area contributed by atoms with Gasteiger partial charge in [-0.1, -0.05) is 30.3 Å². The number of nitrogens with zero attached hydrogens (tertiary/aromatic N) is 3. The molecule has 5 nitrogen and oxygen atoms in total. The second-order valence-electron chi connectivity index (χ2n) is 8.70. The maximum absolute atomic E-state index is 13.6. The zero-order chi connectivity index (χ0) is 24.1. The molecule has 1 atom stereocenters. The predicted octanol–water partition coefficient (Wildman–Crippen LogP) is 4.32. The first-order valence-electron chi connectivity index (χ1n) is 11.5. The third-order valence-corrected chi connectivity index (χ3v) is 6.31. The van der Waals surface area contributed by atoms with Crippen molar-refractivity contribution in [3.63, 3.8) is 0 Å². The number of carbonyl (C=O) groups excluding carboxylic acids is 1. The number of piperazine rings is 1. The highest BCUT2D eigenvalue weighted by atomic mass is 19.2. The largest absolute Gasteiger partial charge is 0.378 e. The zero-order valence-electron chi connectivity index (χ0n) is 19.5. The Balaban J connectivity index is 1.49. The number of carbonyl (C=O) groups is 1. The van der Waals surface area contributed by atoms with Gasteiger partial charge in [0.15, 0.2) is 11.6 Å². The molecule has 178 valence electrons. The molecule has 3 aromatic carbocycles. The molecular weight excluding hydrogens is 434 g/mol. The summed E-state index contributed by atoms with van der Waals surface area (Å²) in [6, 6.07) is 21.8. The van der Waals surface area contributed by atoms with E-state index in [4.69, 9.17) is 0 Å². The molecule has 0 bridgehead atoms. The van der Waals surface area contributed by atoms with E-state index < -0.39 is 17.5 Å². The molecule has 3 aromatic rings. The molecule has 0 spiro atoms. The minimum absolute atomic E-state index is 0.0385. The number of rotatable bonds is 7. The Kier molecular flexibility index (Phi) is 7.43. The Morgan fingerprint density at radius 3 is 2.21 bits per heavy atom. The maximum atomic E-state index is 13.6. The van der Waals surface area contributed by atoms with Gasteiger partial charge in [-0.2, -0.15) is 0 Å². The molecular formula is C27H30F2N4O. The van der Waals surface area contributed by atoms with Crippen molar-refractivity contribution in [3.8, 4) is 0 Å². The number of hydrogen-bond acceptors (Lipinski definition) is 4. The van der Waals surface area contributed by atoms with Crippen LogP contribution in [0.15, 0.2) is 72.8 Å². The van der Waals surface area contributed by atoms with Gasteiger partial charge in [0.05, 0.1) is 6.04 Å². The maximum Gasteiger partial charge on any atom is 0.251 e. The normalized spacial score (nSPS) is 15.1. The number of benzene rings is 3. The number of amides is 1. The molecule has 1 amide bonds. The van der Waals surface area contributed by atoms with E-state index in [2.05, 4.69) is 51.5 Å². The van der Waals surface area contributed by atoms with Crippen molar-refractivity contribution in [3.05, 3.63) is 95.6 Å². The Morgan fingerprint density at radius 2 is 1.59 bits per heavy atom. The molecule has 0 saturated carbocycles. The highest BCUT2D eigenvalue weighted by molar-refractivity contribution is 5.94. The lowest BCUT2D eigenvalue weighted by molar-refractivity contribution is 0.0929. The number of halogens is 2. The third-order valence-electron chi connectivity index (χ3n) is 6.31. The molecule has 1 saturated heterocycles. The second kappa shape index (κ2) is 10.7. The molecule has 1 heterocycles. The fraction of sp³-hybridized carbons (Fsp3) is 0.296. The summed E-state index contributed by atoms with van der Waals surface area (Å²) in [5, 5.41) is 2.93. The van der Waals surface area contributed by atoms with Gasteiger partial charge in [-0.25, -0.2) is 8.78 Å². The van der Waals surface area contributed by atoms with Gasteiger partial charge >= 0.3 is 0 Å². The van der Waals surface area contributed by atoms with Crippen molar-refractivity contribution in [2.24, 2.45) is 0 Å². The topological polar surface area (TPSA) is 38.8 Å². The van der Waals surface area contributed by atoms with Crippen molar-refractivity contribution < 1.29 is 13.6 Å². The molecule has 1 fully saturated rings. The lowest BCUT2D eigenvalue weighted by Crippen LogP contribution is -2.50. The molecule has 1 N–H and O–H groups in total. The lowest BCUT2D eigenvalue weighted by Gasteiger charge is -2.40. The molecule has 4 rings (SSSR count). The first-order chi connectivity index (χ1) is 16.4. The summed E-state index contributed by atoms with van der Waals surface area (Å²) in [7, 11) is 3.99. The monoisotopic (exact) mass is 464 g/mol. The van der Waals surface area contributed by atoms with E-state index >= 15 is 0 Å². The van der Waals surface area contributed by atoms with Crippen LogP contribution < -0.4 is 15.1 Å². The van der Waals surface area contributed by atoms with E-state index in [0.29, 0.717) is 6.54 Å². The van der Waals surface area contributed by atoms with E-state index in [-0.39, 0.29) is 11.6 Å². The highest BCUT2D eigenvalue weighted by Gasteiger charge is 2.26. The number of para-hydroxylation sites is 1. The standard InChI is InChI=1S/C27H30F2N4O/c1-31(2)22-11-8-20(9-12-22)26(19-30-27(34)21-10-13-24(28)25(29)18-21)33-16-14-32(15-17-33)23-6-4-3-5-7-23/h3-13,18,26H,14-17,19H2,1-2H3,(H,30,34)/t26-/m0/s1. The Labute approximate surface area is 199 Å². The van der Waals surface area contributed by atoms with E-state index in [0.717, 1.165) is 49.6 Å². The van der Waals surface area contributed by atoms with Gasteiger partial charge in [0.25, 0.3) is 5.91 Å². The van der Waals surface area contributed by atoms with Gasteiger partial charge in [-0.3, -0.25) is 9.69 Å². The summed E-state index contributed by atoms with van der Waals surface area (Å²) in [6.07, 6.45) is 0. The third kappa shape index (κ3) is 5.54. The minimum Gasteiger partial charge on any atom is -0.378 e. The fourth-order valence-corrected chi connectivity index (χ4v) is 4.31. The average Bonchev–Trinajstić information content (AvgIpc) is 2.87. The smallest absolute Gasteiger partial charge is 0.251 e. The van der Waals surface area contributed by atoms with Gasteiger partial charge in [0.2, 0.25) is 0 Å². The highest BCUT2D eigenvalue weighted by Crippen LogP contribution is 2.26. The van der Waals surface area contributed by atoms with Crippen molar-refractivity contribution >= 4 is 17.3 Å². The van der Waals surface area contributed by atoms with E-state index in [9.17, 15) is 13.6 Å². The molecule has 0 aliphatic carbocycles. The predicted molar refractivity (Wildman–Crippen MR) is 132 cm³/mol. The molecule has 1 aliphatic rings. The van der Waals surface area contributed by atoms with Crippen molar-refractivity contribution in [2.45, 2.75) is 6.04 Å². The molecule has 0 unspecified atom stereocenters. The van der Waals surface area contributed by atoms with Crippen LogP contribution in [0.4, 0.5) is 20.2 Å². The molecule has 0 radical (unpaired) electrons. The average molecular weight is 465 g/mol. The van der Waals surface area contributed by atoms with Crippen LogP contribution in [0, 0.1) is 11.6 Å². The van der Waals surface area contributed by atoms with Crippen LogP contribution >= 0.6 is 0 Å². The van der Waals surface area contributed by atoms with E-state index in [1.54, 1.807) is 0 Å². The summed E-state index contributed by atoms with van der Waals surface area (Å²) in [6.45, 7) is 3.82.